The van der Waals surface area contributed by atoms with Crippen molar-refractivity contribution in [1.82, 2.24) is 5.32 Å². The Labute approximate surface area is 108 Å². The van der Waals surface area contributed by atoms with Crippen molar-refractivity contribution in [3.63, 3.8) is 0 Å². The summed E-state index contributed by atoms with van der Waals surface area (Å²) in [4.78, 5) is 12.8. The van der Waals surface area contributed by atoms with Gasteiger partial charge in [0.15, 0.2) is 0 Å². The maximum Gasteiger partial charge on any atom is 0.251 e. The van der Waals surface area contributed by atoms with E-state index in [4.69, 9.17) is 5.11 Å². The van der Waals surface area contributed by atoms with Crippen molar-refractivity contribution < 1.29 is 9.90 Å². The number of carbonyl (C=O) groups excluding carboxylic acids is 1. The van der Waals surface area contributed by atoms with E-state index < -0.39 is 0 Å². The molecule has 0 aromatic heterocycles. The van der Waals surface area contributed by atoms with Gasteiger partial charge in [0.1, 0.15) is 0 Å². The summed E-state index contributed by atoms with van der Waals surface area (Å²) >= 11 is 4.17. The zero-order valence-electron chi connectivity index (χ0n) is 10.2. The predicted molar refractivity (Wildman–Crippen MR) is 71.6 cm³/mol. The van der Waals surface area contributed by atoms with E-state index in [-0.39, 0.29) is 18.1 Å². The Bertz CT molecular complexity index is 378. The lowest BCUT2D eigenvalue weighted by atomic mass is 9.94. The van der Waals surface area contributed by atoms with Crippen LogP contribution in [0.15, 0.2) is 29.2 Å². The van der Waals surface area contributed by atoms with Gasteiger partial charge in [-0.25, -0.2) is 0 Å². The fourth-order valence-electron chi connectivity index (χ4n) is 1.53. The standard InChI is InChI=1S/C13H19NO2S/c1-3-13(2,8-9-15)14-12(16)10-4-6-11(17)7-5-10/h4-7,15,17H,3,8-9H2,1-2H3,(H,14,16). The van der Waals surface area contributed by atoms with Crippen LogP contribution in [0.2, 0.25) is 0 Å². The number of benzene rings is 1. The summed E-state index contributed by atoms with van der Waals surface area (Å²) in [5.74, 6) is -0.115. The molecule has 94 valence electrons. The number of aliphatic hydroxyl groups is 1. The summed E-state index contributed by atoms with van der Waals surface area (Å²) in [5, 5.41) is 11.9. The first-order chi connectivity index (χ1) is 8.00. The van der Waals surface area contributed by atoms with Crippen molar-refractivity contribution >= 4 is 18.5 Å². The van der Waals surface area contributed by atoms with Crippen LogP contribution >= 0.6 is 12.6 Å². The molecule has 0 heterocycles. The third-order valence-electron chi connectivity index (χ3n) is 2.99. The van der Waals surface area contributed by atoms with Crippen molar-refractivity contribution in [2.75, 3.05) is 6.61 Å². The SMILES string of the molecule is CCC(C)(CCO)NC(=O)c1ccc(S)cc1. The van der Waals surface area contributed by atoms with E-state index in [1.54, 1.807) is 24.3 Å². The zero-order valence-corrected chi connectivity index (χ0v) is 11.1. The molecule has 1 amide bonds. The topological polar surface area (TPSA) is 49.3 Å². The van der Waals surface area contributed by atoms with Gasteiger partial charge >= 0.3 is 0 Å². The van der Waals surface area contributed by atoms with Gasteiger partial charge in [0.2, 0.25) is 0 Å². The first-order valence-corrected chi connectivity index (χ1v) is 6.18. The number of rotatable bonds is 5. The lowest BCUT2D eigenvalue weighted by Crippen LogP contribution is -2.46. The summed E-state index contributed by atoms with van der Waals surface area (Å²) in [7, 11) is 0. The molecule has 4 heteroatoms. The third-order valence-corrected chi connectivity index (χ3v) is 3.29. The second-order valence-corrected chi connectivity index (χ2v) is 4.91. The summed E-state index contributed by atoms with van der Waals surface area (Å²) in [5.41, 5.74) is 0.256. The molecule has 0 saturated heterocycles. The molecular formula is C13H19NO2S. The quantitative estimate of drug-likeness (QED) is 0.705. The van der Waals surface area contributed by atoms with E-state index in [9.17, 15) is 4.79 Å². The third kappa shape index (κ3) is 4.06. The summed E-state index contributed by atoms with van der Waals surface area (Å²) < 4.78 is 0. The van der Waals surface area contributed by atoms with Crippen LogP contribution in [0.25, 0.3) is 0 Å². The first kappa shape index (κ1) is 14.1. The van der Waals surface area contributed by atoms with Gasteiger partial charge in [-0.3, -0.25) is 4.79 Å². The van der Waals surface area contributed by atoms with Gasteiger partial charge in [0.05, 0.1) is 0 Å². The fraction of sp³-hybridized carbons (Fsp3) is 0.462. The molecule has 0 radical (unpaired) electrons. The second kappa shape index (κ2) is 6.07. The van der Waals surface area contributed by atoms with Crippen LogP contribution in [-0.4, -0.2) is 23.2 Å². The van der Waals surface area contributed by atoms with Crippen LogP contribution < -0.4 is 5.32 Å². The van der Waals surface area contributed by atoms with Gasteiger partial charge in [-0.1, -0.05) is 6.92 Å². The Morgan fingerprint density at radius 1 is 1.41 bits per heavy atom. The molecule has 0 bridgehead atoms. The molecule has 1 aromatic rings. The van der Waals surface area contributed by atoms with Gasteiger partial charge in [-0.05, 0) is 44.0 Å². The minimum atomic E-state index is -0.356. The molecule has 3 nitrogen and oxygen atoms in total. The number of hydrogen-bond donors (Lipinski definition) is 3. The second-order valence-electron chi connectivity index (χ2n) is 4.39. The maximum atomic E-state index is 12.0. The van der Waals surface area contributed by atoms with E-state index in [1.807, 2.05) is 13.8 Å². The normalized spacial score (nSPS) is 14.1. The van der Waals surface area contributed by atoms with Gasteiger partial charge < -0.3 is 10.4 Å². The Balaban J connectivity index is 2.74. The number of carbonyl (C=O) groups is 1. The average Bonchev–Trinajstić information content (AvgIpc) is 2.30. The Kier molecular flexibility index (Phi) is 5.02. The molecule has 0 aliphatic rings. The van der Waals surface area contributed by atoms with Crippen molar-refractivity contribution in [2.24, 2.45) is 0 Å². The van der Waals surface area contributed by atoms with E-state index in [0.717, 1.165) is 11.3 Å². The van der Waals surface area contributed by atoms with E-state index in [1.165, 1.54) is 0 Å². The average molecular weight is 253 g/mol. The molecule has 1 rings (SSSR count). The van der Waals surface area contributed by atoms with Gasteiger partial charge in [-0.2, -0.15) is 0 Å². The number of thiol groups is 1. The molecule has 1 aromatic carbocycles. The number of hydrogen-bond acceptors (Lipinski definition) is 3. The van der Waals surface area contributed by atoms with Crippen molar-refractivity contribution in [1.29, 1.82) is 0 Å². The maximum absolute atomic E-state index is 12.0. The monoisotopic (exact) mass is 253 g/mol. The van der Waals surface area contributed by atoms with E-state index in [2.05, 4.69) is 17.9 Å². The number of aliphatic hydroxyl groups excluding tert-OH is 1. The summed E-state index contributed by atoms with van der Waals surface area (Å²) in [6.07, 6.45) is 1.34. The molecule has 0 aliphatic carbocycles. The Hall–Kier alpha value is -1.00. The van der Waals surface area contributed by atoms with Crippen LogP contribution in [0.3, 0.4) is 0 Å². The molecule has 17 heavy (non-hydrogen) atoms. The molecule has 0 aliphatic heterocycles. The van der Waals surface area contributed by atoms with Crippen LogP contribution in [0.1, 0.15) is 37.0 Å². The predicted octanol–water partition coefficient (Wildman–Crippen LogP) is 2.26. The Morgan fingerprint density at radius 2 is 2.00 bits per heavy atom. The first-order valence-electron chi connectivity index (χ1n) is 5.73. The molecule has 0 saturated carbocycles. The van der Waals surface area contributed by atoms with Crippen LogP contribution in [0.4, 0.5) is 0 Å². The van der Waals surface area contributed by atoms with Crippen LogP contribution in [0.5, 0.6) is 0 Å². The van der Waals surface area contributed by atoms with Gasteiger partial charge in [0.25, 0.3) is 5.91 Å². The molecule has 1 unspecified atom stereocenters. The number of amides is 1. The smallest absolute Gasteiger partial charge is 0.251 e. The fourth-order valence-corrected chi connectivity index (χ4v) is 1.68. The highest BCUT2D eigenvalue weighted by Crippen LogP contribution is 2.15. The molecule has 2 N–H and O–H groups in total. The van der Waals surface area contributed by atoms with Crippen LogP contribution in [-0.2, 0) is 0 Å². The molecular weight excluding hydrogens is 234 g/mol. The van der Waals surface area contributed by atoms with Gasteiger partial charge in [-0.15, -0.1) is 12.6 Å². The number of nitrogens with one attached hydrogen (secondary N) is 1. The van der Waals surface area contributed by atoms with Crippen molar-refractivity contribution in [3.8, 4) is 0 Å². The Morgan fingerprint density at radius 3 is 2.47 bits per heavy atom. The molecule has 1 atom stereocenters. The van der Waals surface area contributed by atoms with Crippen molar-refractivity contribution in [2.45, 2.75) is 37.1 Å². The minimum absolute atomic E-state index is 0.0696. The highest BCUT2D eigenvalue weighted by atomic mass is 32.1. The lowest BCUT2D eigenvalue weighted by molar-refractivity contribution is 0.0886. The van der Waals surface area contributed by atoms with Crippen LogP contribution in [0, 0.1) is 0 Å². The molecule has 0 fully saturated rings. The zero-order chi connectivity index (χ0) is 12.9. The van der Waals surface area contributed by atoms with E-state index in [0.29, 0.717) is 12.0 Å². The minimum Gasteiger partial charge on any atom is -0.396 e. The van der Waals surface area contributed by atoms with Crippen molar-refractivity contribution in [3.05, 3.63) is 29.8 Å². The van der Waals surface area contributed by atoms with Gasteiger partial charge in [0, 0.05) is 22.6 Å². The molecule has 0 spiro atoms. The summed E-state index contributed by atoms with van der Waals surface area (Å²) in [6, 6.07) is 7.06. The largest absolute Gasteiger partial charge is 0.396 e. The highest BCUT2D eigenvalue weighted by molar-refractivity contribution is 7.80. The van der Waals surface area contributed by atoms with E-state index >= 15 is 0 Å². The highest BCUT2D eigenvalue weighted by Gasteiger charge is 2.23. The summed E-state index contributed by atoms with van der Waals surface area (Å²) in [6.45, 7) is 4.00. The lowest BCUT2D eigenvalue weighted by Gasteiger charge is -2.29.